The van der Waals surface area contributed by atoms with Crippen molar-refractivity contribution in [2.45, 2.75) is 229 Å². The summed E-state index contributed by atoms with van der Waals surface area (Å²) < 4.78 is 275. The number of halogens is 17. The summed E-state index contributed by atoms with van der Waals surface area (Å²) in [6, 6.07) is 0. The second-order valence-corrected chi connectivity index (χ2v) is 24.3. The van der Waals surface area contributed by atoms with Crippen molar-refractivity contribution in [1.82, 2.24) is 0 Å². The predicted molar refractivity (Wildman–Crippen MR) is 211 cm³/mol. The van der Waals surface area contributed by atoms with Crippen LogP contribution in [0.4, 0.5) is 74.6 Å². The quantitative estimate of drug-likeness (QED) is 0.0354. The van der Waals surface area contributed by atoms with Crippen LogP contribution in [0.1, 0.15) is 182 Å². The van der Waals surface area contributed by atoms with E-state index in [-0.39, 0.29) is 50.3 Å². The van der Waals surface area contributed by atoms with E-state index < -0.39 is 63.9 Å². The summed E-state index contributed by atoms with van der Waals surface area (Å²) in [7, 11) is -7.70. The molecule has 0 atom stereocenters. The van der Waals surface area contributed by atoms with Crippen LogP contribution in [0, 0.1) is 0 Å². The molecule has 0 aliphatic carbocycles. The van der Waals surface area contributed by atoms with Crippen LogP contribution >= 0.6 is 6.83 Å². The number of unbranched alkanes of at least 4 members (excludes halogenated alkanes) is 20. The van der Waals surface area contributed by atoms with E-state index in [9.17, 15) is 65.5 Å². The zero-order chi connectivity index (χ0) is 48.5. The molecule has 0 aromatic carbocycles. The molecule has 376 valence electrons. The van der Waals surface area contributed by atoms with Gasteiger partial charge in [0.15, 0.2) is 0 Å². The summed E-state index contributed by atoms with van der Waals surface area (Å²) in [5, 5.41) is -7.68. The molecule has 3 nitrogen and oxygen atoms in total. The van der Waals surface area contributed by atoms with Gasteiger partial charge in [0.1, 0.15) is 0 Å². The van der Waals surface area contributed by atoms with Crippen LogP contribution in [-0.4, -0.2) is 80.0 Å². The van der Waals surface area contributed by atoms with Crippen molar-refractivity contribution >= 4 is 16.9 Å². The summed E-state index contributed by atoms with van der Waals surface area (Å²) in [5.41, 5.74) is 0. The molecule has 0 spiro atoms. The zero-order valence-electron chi connectivity index (χ0n) is 36.3. The fraction of sp³-hybridized carbons (Fsp3) is 1.00. The molecule has 22 heteroatoms. The van der Waals surface area contributed by atoms with Crippen LogP contribution in [0.3, 0.4) is 0 Å². The third-order valence-corrected chi connectivity index (χ3v) is 20.8. The number of hydrogen-bond donors (Lipinski definition) is 0. The summed E-state index contributed by atoms with van der Waals surface area (Å²) in [4.78, 5) is 0. The van der Waals surface area contributed by atoms with Gasteiger partial charge in [-0.05, 0) is 0 Å². The first-order valence-corrected chi connectivity index (χ1v) is 26.2. The second-order valence-electron chi connectivity index (χ2n) is 16.8. The summed E-state index contributed by atoms with van der Waals surface area (Å²) in [5.74, 6) is -51.9. The van der Waals surface area contributed by atoms with E-state index in [1.807, 2.05) is 0 Å². The SMILES string of the molecule is CCCCCCCCCCCCCCP(CCCCCC)(CCCCCC)(CCCCCC)OS(=O)(=O)C(F)(F)C(F)(F)C(F)(F)C(F)(F)C(F)(F)C(F)(F)C(F)(F)C(F)(F)F. The molecular formula is C40H68F17O3PS. The Balaban J connectivity index is 7.38. The van der Waals surface area contributed by atoms with Crippen molar-refractivity contribution in [2.24, 2.45) is 0 Å². The first-order valence-electron chi connectivity index (χ1n) is 21.9. The third kappa shape index (κ3) is 14.3. The van der Waals surface area contributed by atoms with Gasteiger partial charge < -0.3 is 0 Å². The molecule has 62 heavy (non-hydrogen) atoms. The Hall–Kier alpha value is -0.850. The van der Waals surface area contributed by atoms with Gasteiger partial charge in [0, 0.05) is 0 Å². The molecule has 0 aliphatic heterocycles. The van der Waals surface area contributed by atoms with E-state index in [2.05, 4.69) is 6.92 Å². The van der Waals surface area contributed by atoms with E-state index >= 15 is 17.6 Å². The molecular weight excluding hydrogens is 914 g/mol. The molecule has 0 unspecified atom stereocenters. The maximum atomic E-state index is 15.8. The molecule has 0 fully saturated rings. The van der Waals surface area contributed by atoms with Crippen molar-refractivity contribution in [2.75, 3.05) is 24.6 Å². The van der Waals surface area contributed by atoms with E-state index in [1.165, 1.54) is 0 Å². The maximum absolute atomic E-state index is 15.8. The summed E-state index contributed by atoms with van der Waals surface area (Å²) in [6.45, 7) is 2.45. The van der Waals surface area contributed by atoms with Gasteiger partial charge in [-0.2, -0.15) is 0 Å². The number of rotatable bonds is 37. The van der Waals surface area contributed by atoms with Crippen LogP contribution in [0.15, 0.2) is 0 Å². The van der Waals surface area contributed by atoms with Crippen molar-refractivity contribution in [1.29, 1.82) is 0 Å². The Morgan fingerprint density at radius 2 is 0.532 bits per heavy atom. The molecule has 0 aromatic heterocycles. The molecule has 0 saturated heterocycles. The van der Waals surface area contributed by atoms with Gasteiger partial charge in [0.2, 0.25) is 0 Å². The van der Waals surface area contributed by atoms with Crippen molar-refractivity contribution < 1.29 is 87.0 Å². The van der Waals surface area contributed by atoms with Crippen LogP contribution in [0.2, 0.25) is 0 Å². The van der Waals surface area contributed by atoms with E-state index in [0.717, 1.165) is 51.4 Å². The molecule has 0 radical (unpaired) electrons. The Labute approximate surface area is 356 Å². The summed E-state index contributed by atoms with van der Waals surface area (Å²) in [6.07, 6.45) is 5.03. The van der Waals surface area contributed by atoms with Crippen molar-refractivity contribution in [3.63, 3.8) is 0 Å². The van der Waals surface area contributed by atoms with E-state index in [4.69, 9.17) is 3.97 Å². The molecule has 0 saturated carbocycles. The normalized spacial score (nSPS) is 15.3. The Morgan fingerprint density at radius 1 is 0.323 bits per heavy atom. The fourth-order valence-corrected chi connectivity index (χ4v) is 17.3. The molecule has 0 amide bonds. The Morgan fingerprint density at radius 3 is 0.790 bits per heavy atom. The number of hydrogen-bond acceptors (Lipinski definition) is 3. The topological polar surface area (TPSA) is 43.4 Å². The predicted octanol–water partition coefficient (Wildman–Crippen LogP) is 17.2. The first-order chi connectivity index (χ1) is 28.3. The van der Waals surface area contributed by atoms with E-state index in [0.29, 0.717) is 77.0 Å². The molecule has 0 aromatic rings. The average molecular weight is 983 g/mol. The average Bonchev–Trinajstić information content (AvgIpc) is 3.16. The monoisotopic (exact) mass is 982 g/mol. The van der Waals surface area contributed by atoms with Gasteiger partial charge in [-0.15, -0.1) is 0 Å². The van der Waals surface area contributed by atoms with Gasteiger partial charge in [0.25, 0.3) is 0 Å². The van der Waals surface area contributed by atoms with Crippen LogP contribution in [0.5, 0.6) is 0 Å². The van der Waals surface area contributed by atoms with Gasteiger partial charge >= 0.3 is 344 Å². The standard InChI is InChI=1S/C40H68F17O3PS/c1-5-9-13-17-18-19-20-21-22-23-24-28-32-61(29-25-14-10-6-2,30-26-15-11-7-3,31-27-16-12-8-4)60-62(58,59)40(56,57)38(51,52)36(47,48)34(43,44)33(41,42)35(45,46)37(49,50)39(53,54)55/h5-32H2,1-4H3. The molecule has 0 rings (SSSR count). The zero-order valence-corrected chi connectivity index (χ0v) is 38.0. The Kier molecular flexibility index (Phi) is 24.4. The second kappa shape index (κ2) is 24.8. The minimum atomic E-state index is -8.89. The van der Waals surface area contributed by atoms with Crippen LogP contribution in [-0.2, 0) is 14.1 Å². The fourth-order valence-electron chi connectivity index (χ4n) is 7.62. The van der Waals surface area contributed by atoms with Crippen molar-refractivity contribution in [3.05, 3.63) is 0 Å². The van der Waals surface area contributed by atoms with Gasteiger partial charge in [0.05, 0.1) is 0 Å². The van der Waals surface area contributed by atoms with Gasteiger partial charge in [-0.1, -0.05) is 13.3 Å². The number of alkyl halides is 17. The van der Waals surface area contributed by atoms with Gasteiger partial charge in [-0.3, -0.25) is 0 Å². The van der Waals surface area contributed by atoms with Crippen LogP contribution in [0.25, 0.3) is 0 Å². The van der Waals surface area contributed by atoms with Gasteiger partial charge in [-0.25, -0.2) is 0 Å². The first kappa shape index (κ1) is 61.1. The molecule has 0 bridgehead atoms. The van der Waals surface area contributed by atoms with E-state index in [1.54, 1.807) is 20.8 Å². The molecule has 0 heterocycles. The van der Waals surface area contributed by atoms with Crippen LogP contribution < -0.4 is 0 Å². The Bertz CT molecular complexity index is 1340. The molecule has 0 aliphatic rings. The van der Waals surface area contributed by atoms with Crippen molar-refractivity contribution in [3.8, 4) is 0 Å². The third-order valence-electron chi connectivity index (χ3n) is 11.6. The minimum absolute atomic E-state index is 0.0475. The molecule has 0 N–H and O–H groups in total. The summed E-state index contributed by atoms with van der Waals surface area (Å²) >= 11 is 0.